The molecule has 0 spiro atoms. The first-order valence-corrected chi connectivity index (χ1v) is 7.08. The maximum absolute atomic E-state index is 12.0. The summed E-state index contributed by atoms with van der Waals surface area (Å²) in [7, 11) is 0. The van der Waals surface area contributed by atoms with Crippen molar-refractivity contribution in [2.45, 2.75) is 20.1 Å². The number of carbonyl (C=O) groups excluding carboxylic acids is 2. The molecule has 2 rings (SSSR count). The van der Waals surface area contributed by atoms with Crippen LogP contribution in [-0.2, 0) is 22.7 Å². The molecule has 0 aliphatic rings. The molecule has 23 heavy (non-hydrogen) atoms. The van der Waals surface area contributed by atoms with E-state index in [4.69, 9.17) is 10.00 Å². The first-order valence-electron chi connectivity index (χ1n) is 7.08. The van der Waals surface area contributed by atoms with E-state index in [2.05, 4.69) is 11.4 Å². The molecule has 0 aliphatic heterocycles. The third-order valence-corrected chi connectivity index (χ3v) is 3.23. The Balaban J connectivity index is 1.96. The van der Waals surface area contributed by atoms with Crippen LogP contribution in [0.15, 0.2) is 48.5 Å². The number of hydrogen-bond acceptors (Lipinski definition) is 4. The lowest BCUT2D eigenvalue weighted by atomic mass is 10.1. The zero-order valence-electron chi connectivity index (χ0n) is 12.7. The normalized spacial score (nSPS) is 9.74. The molecule has 0 unspecified atom stereocenters. The van der Waals surface area contributed by atoms with E-state index >= 15 is 0 Å². The number of carbonyl (C=O) groups is 2. The van der Waals surface area contributed by atoms with Gasteiger partial charge in [-0.1, -0.05) is 30.3 Å². The van der Waals surface area contributed by atoms with Crippen LogP contribution in [0.1, 0.15) is 34.0 Å². The van der Waals surface area contributed by atoms with Gasteiger partial charge in [-0.3, -0.25) is 4.79 Å². The average molecular weight is 308 g/mol. The predicted molar refractivity (Wildman–Crippen MR) is 84.2 cm³/mol. The monoisotopic (exact) mass is 308 g/mol. The summed E-state index contributed by atoms with van der Waals surface area (Å²) in [6.07, 6.45) is 0. The van der Waals surface area contributed by atoms with E-state index in [0.717, 1.165) is 5.56 Å². The Kier molecular flexibility index (Phi) is 5.48. The Morgan fingerprint density at radius 2 is 1.83 bits per heavy atom. The summed E-state index contributed by atoms with van der Waals surface area (Å²) < 4.78 is 5.23. The van der Waals surface area contributed by atoms with Crippen LogP contribution in [0.3, 0.4) is 0 Å². The molecule has 1 N–H and O–H groups in total. The number of hydrogen-bond donors (Lipinski definition) is 1. The van der Waals surface area contributed by atoms with Crippen LogP contribution in [0.25, 0.3) is 0 Å². The van der Waals surface area contributed by atoms with Gasteiger partial charge in [-0.2, -0.15) is 5.26 Å². The van der Waals surface area contributed by atoms with Gasteiger partial charge in [-0.25, -0.2) is 4.79 Å². The van der Waals surface area contributed by atoms with Crippen molar-refractivity contribution in [1.29, 1.82) is 5.26 Å². The number of esters is 1. The molecule has 0 aliphatic carbocycles. The average Bonchev–Trinajstić information content (AvgIpc) is 2.58. The van der Waals surface area contributed by atoms with Gasteiger partial charge in [0, 0.05) is 19.0 Å². The van der Waals surface area contributed by atoms with Gasteiger partial charge in [-0.15, -0.1) is 0 Å². The second-order valence-corrected chi connectivity index (χ2v) is 4.95. The van der Waals surface area contributed by atoms with Gasteiger partial charge in [0.05, 0.1) is 17.2 Å². The maximum atomic E-state index is 12.0. The van der Waals surface area contributed by atoms with Crippen LogP contribution in [0.2, 0.25) is 0 Å². The Labute approximate surface area is 134 Å². The summed E-state index contributed by atoms with van der Waals surface area (Å²) >= 11 is 0. The van der Waals surface area contributed by atoms with Crippen molar-refractivity contribution in [3.63, 3.8) is 0 Å². The Morgan fingerprint density at radius 1 is 1.13 bits per heavy atom. The molecule has 0 saturated heterocycles. The number of nitriles is 1. The predicted octanol–water partition coefficient (Wildman–Crippen LogP) is 2.55. The fourth-order valence-electron chi connectivity index (χ4n) is 1.97. The SMILES string of the molecule is CC(=O)NCc1ccc(C(=O)OCc2ccccc2C#N)cc1. The molecule has 0 atom stereocenters. The number of benzene rings is 2. The van der Waals surface area contributed by atoms with Crippen LogP contribution in [-0.4, -0.2) is 11.9 Å². The van der Waals surface area contributed by atoms with E-state index in [0.29, 0.717) is 23.2 Å². The zero-order valence-corrected chi connectivity index (χ0v) is 12.7. The van der Waals surface area contributed by atoms with Crippen molar-refractivity contribution in [2.75, 3.05) is 0 Å². The quantitative estimate of drug-likeness (QED) is 0.861. The largest absolute Gasteiger partial charge is 0.457 e. The Hall–Kier alpha value is -3.13. The molecule has 0 heterocycles. The zero-order chi connectivity index (χ0) is 16.7. The number of rotatable bonds is 5. The van der Waals surface area contributed by atoms with Crippen LogP contribution in [0.5, 0.6) is 0 Å². The Bertz CT molecular complexity index is 746. The van der Waals surface area contributed by atoms with E-state index in [9.17, 15) is 9.59 Å². The number of nitrogens with one attached hydrogen (secondary N) is 1. The van der Waals surface area contributed by atoms with E-state index in [-0.39, 0.29) is 12.5 Å². The van der Waals surface area contributed by atoms with E-state index in [1.807, 2.05) is 0 Å². The molecule has 0 bridgehead atoms. The molecule has 5 heteroatoms. The minimum atomic E-state index is -0.455. The summed E-state index contributed by atoms with van der Waals surface area (Å²) in [6.45, 7) is 1.92. The highest BCUT2D eigenvalue weighted by Gasteiger charge is 2.09. The molecule has 0 saturated carbocycles. The van der Waals surface area contributed by atoms with Gasteiger partial charge in [0.2, 0.25) is 5.91 Å². The lowest BCUT2D eigenvalue weighted by Gasteiger charge is -2.07. The summed E-state index contributed by atoms with van der Waals surface area (Å²) in [5, 5.41) is 11.7. The molecule has 5 nitrogen and oxygen atoms in total. The molecular weight excluding hydrogens is 292 g/mol. The topological polar surface area (TPSA) is 79.2 Å². The van der Waals surface area contributed by atoms with Gasteiger partial charge < -0.3 is 10.1 Å². The molecule has 116 valence electrons. The summed E-state index contributed by atoms with van der Waals surface area (Å²) in [4.78, 5) is 22.9. The second-order valence-electron chi connectivity index (χ2n) is 4.95. The maximum Gasteiger partial charge on any atom is 0.338 e. The summed E-state index contributed by atoms with van der Waals surface area (Å²) in [5.74, 6) is -0.562. The van der Waals surface area contributed by atoms with Crippen molar-refractivity contribution in [1.82, 2.24) is 5.32 Å². The highest BCUT2D eigenvalue weighted by Crippen LogP contribution is 2.11. The smallest absolute Gasteiger partial charge is 0.338 e. The first kappa shape index (κ1) is 16.2. The van der Waals surface area contributed by atoms with Crippen molar-refractivity contribution in [3.8, 4) is 6.07 Å². The van der Waals surface area contributed by atoms with E-state index in [1.54, 1.807) is 48.5 Å². The number of ether oxygens (including phenoxy) is 1. The molecule has 2 aromatic carbocycles. The van der Waals surface area contributed by atoms with Crippen molar-refractivity contribution in [2.24, 2.45) is 0 Å². The molecule has 0 aromatic heterocycles. The standard InChI is InChI=1S/C18H16N2O3/c1-13(21)20-11-14-6-8-15(9-7-14)18(22)23-12-17-5-3-2-4-16(17)10-19/h2-9H,11-12H2,1H3,(H,20,21). The molecule has 0 radical (unpaired) electrons. The second kappa shape index (κ2) is 7.76. The van der Waals surface area contributed by atoms with Gasteiger partial charge in [-0.05, 0) is 23.8 Å². The third kappa shape index (κ3) is 4.68. The lowest BCUT2D eigenvalue weighted by Crippen LogP contribution is -2.18. The summed E-state index contributed by atoms with van der Waals surface area (Å²) in [6, 6.07) is 15.9. The summed E-state index contributed by atoms with van der Waals surface area (Å²) in [5.41, 5.74) is 2.48. The van der Waals surface area contributed by atoms with Crippen LogP contribution >= 0.6 is 0 Å². The van der Waals surface area contributed by atoms with Crippen LogP contribution in [0.4, 0.5) is 0 Å². The van der Waals surface area contributed by atoms with E-state index < -0.39 is 5.97 Å². The minimum Gasteiger partial charge on any atom is -0.457 e. The van der Waals surface area contributed by atoms with Gasteiger partial charge in [0.25, 0.3) is 0 Å². The molecular formula is C18H16N2O3. The first-order chi connectivity index (χ1) is 11.1. The van der Waals surface area contributed by atoms with Crippen molar-refractivity contribution < 1.29 is 14.3 Å². The fourth-order valence-corrected chi connectivity index (χ4v) is 1.97. The van der Waals surface area contributed by atoms with Gasteiger partial charge in [0.1, 0.15) is 6.61 Å². The van der Waals surface area contributed by atoms with Gasteiger partial charge >= 0.3 is 5.97 Å². The number of nitrogens with zero attached hydrogens (tertiary/aromatic N) is 1. The minimum absolute atomic E-state index is 0.0518. The lowest BCUT2D eigenvalue weighted by molar-refractivity contribution is -0.119. The highest BCUT2D eigenvalue weighted by atomic mass is 16.5. The van der Waals surface area contributed by atoms with Gasteiger partial charge in [0.15, 0.2) is 0 Å². The fraction of sp³-hybridized carbons (Fsp3) is 0.167. The van der Waals surface area contributed by atoms with Crippen molar-refractivity contribution >= 4 is 11.9 Å². The van der Waals surface area contributed by atoms with Crippen LogP contribution < -0.4 is 5.32 Å². The third-order valence-electron chi connectivity index (χ3n) is 3.23. The number of amides is 1. The highest BCUT2D eigenvalue weighted by molar-refractivity contribution is 5.89. The molecule has 1 amide bonds. The molecule has 0 fully saturated rings. The molecule has 2 aromatic rings. The van der Waals surface area contributed by atoms with Crippen LogP contribution in [0, 0.1) is 11.3 Å². The van der Waals surface area contributed by atoms with E-state index in [1.165, 1.54) is 6.92 Å². The Morgan fingerprint density at radius 3 is 2.48 bits per heavy atom. The van der Waals surface area contributed by atoms with Crippen molar-refractivity contribution in [3.05, 3.63) is 70.8 Å².